The maximum Gasteiger partial charge on any atom is 0.0626 e. The number of nitrogens with one attached hydrogen (secondary N) is 1. The molecule has 0 fully saturated rings. The molecule has 0 spiro atoms. The Morgan fingerprint density at radius 2 is 2.38 bits per heavy atom. The standard InChI is InChI=1S/C11H13NO/c1-3-9-5-4-6-10(7-9)11(8-13)12-2/h1,4-7,11-13H,8H2,2H3. The Bertz CT molecular complexity index is 310. The Morgan fingerprint density at radius 3 is 2.92 bits per heavy atom. The summed E-state index contributed by atoms with van der Waals surface area (Å²) in [5, 5.41) is 12.0. The van der Waals surface area contributed by atoms with E-state index < -0.39 is 0 Å². The third-order valence-corrected chi connectivity index (χ3v) is 1.99. The van der Waals surface area contributed by atoms with Crippen LogP contribution in [0.1, 0.15) is 17.2 Å². The molecule has 0 heterocycles. The van der Waals surface area contributed by atoms with E-state index in [1.807, 2.05) is 31.3 Å². The van der Waals surface area contributed by atoms with E-state index in [0.717, 1.165) is 11.1 Å². The van der Waals surface area contributed by atoms with Crippen molar-refractivity contribution in [1.82, 2.24) is 5.32 Å². The first-order valence-electron chi connectivity index (χ1n) is 4.16. The number of hydrogen-bond acceptors (Lipinski definition) is 2. The van der Waals surface area contributed by atoms with Crippen LogP contribution < -0.4 is 5.32 Å². The van der Waals surface area contributed by atoms with E-state index in [0.29, 0.717) is 0 Å². The van der Waals surface area contributed by atoms with Gasteiger partial charge in [-0.05, 0) is 24.7 Å². The number of likely N-dealkylation sites (N-methyl/N-ethyl adjacent to an activating group) is 1. The van der Waals surface area contributed by atoms with Crippen molar-refractivity contribution in [3.8, 4) is 12.3 Å². The van der Waals surface area contributed by atoms with E-state index in [9.17, 15) is 0 Å². The fourth-order valence-corrected chi connectivity index (χ4v) is 1.21. The molecule has 0 aliphatic rings. The van der Waals surface area contributed by atoms with Gasteiger partial charge < -0.3 is 10.4 Å². The topological polar surface area (TPSA) is 32.3 Å². The molecule has 2 heteroatoms. The normalized spacial score (nSPS) is 12.1. The van der Waals surface area contributed by atoms with Crippen LogP contribution in [0.3, 0.4) is 0 Å². The van der Waals surface area contributed by atoms with Gasteiger partial charge in [0.15, 0.2) is 0 Å². The Labute approximate surface area is 78.6 Å². The summed E-state index contributed by atoms with van der Waals surface area (Å²) in [4.78, 5) is 0. The summed E-state index contributed by atoms with van der Waals surface area (Å²) in [6.45, 7) is 0.0739. The van der Waals surface area contributed by atoms with Crippen LogP contribution in [0.2, 0.25) is 0 Å². The van der Waals surface area contributed by atoms with Gasteiger partial charge >= 0.3 is 0 Å². The summed E-state index contributed by atoms with van der Waals surface area (Å²) in [6.07, 6.45) is 5.27. The van der Waals surface area contributed by atoms with Crippen LogP contribution in [0.25, 0.3) is 0 Å². The fraction of sp³-hybridized carbons (Fsp3) is 0.273. The number of hydrogen-bond donors (Lipinski definition) is 2. The average molecular weight is 175 g/mol. The third kappa shape index (κ3) is 2.32. The first-order chi connectivity index (χ1) is 6.31. The molecule has 0 radical (unpaired) electrons. The summed E-state index contributed by atoms with van der Waals surface area (Å²) in [7, 11) is 1.81. The maximum atomic E-state index is 9.03. The van der Waals surface area contributed by atoms with E-state index in [1.54, 1.807) is 0 Å². The van der Waals surface area contributed by atoms with Gasteiger partial charge in [-0.15, -0.1) is 6.42 Å². The lowest BCUT2D eigenvalue weighted by atomic mass is 10.1. The van der Waals surface area contributed by atoms with Gasteiger partial charge in [0.25, 0.3) is 0 Å². The lowest BCUT2D eigenvalue weighted by Gasteiger charge is -2.13. The fourth-order valence-electron chi connectivity index (χ4n) is 1.21. The second kappa shape index (κ2) is 4.66. The summed E-state index contributed by atoms with van der Waals surface area (Å²) < 4.78 is 0. The second-order valence-electron chi connectivity index (χ2n) is 2.79. The van der Waals surface area contributed by atoms with Crippen molar-refractivity contribution >= 4 is 0 Å². The van der Waals surface area contributed by atoms with Crippen molar-refractivity contribution in [3.63, 3.8) is 0 Å². The van der Waals surface area contributed by atoms with E-state index in [1.165, 1.54) is 0 Å². The molecule has 0 bridgehead atoms. The summed E-state index contributed by atoms with van der Waals surface area (Å²) in [5.41, 5.74) is 1.85. The molecule has 0 aliphatic heterocycles. The molecule has 0 aromatic heterocycles. The van der Waals surface area contributed by atoms with Gasteiger partial charge in [-0.25, -0.2) is 0 Å². The Hall–Kier alpha value is -1.30. The van der Waals surface area contributed by atoms with E-state index in [2.05, 4.69) is 11.2 Å². The predicted octanol–water partition coefficient (Wildman–Crippen LogP) is 0.921. The van der Waals surface area contributed by atoms with Gasteiger partial charge in [0.1, 0.15) is 0 Å². The zero-order chi connectivity index (χ0) is 9.68. The molecule has 1 aromatic carbocycles. The minimum absolute atomic E-state index is 0.0340. The number of aliphatic hydroxyl groups excluding tert-OH is 1. The highest BCUT2D eigenvalue weighted by molar-refractivity contribution is 5.36. The SMILES string of the molecule is C#Cc1cccc(C(CO)NC)c1. The predicted molar refractivity (Wildman–Crippen MR) is 53.3 cm³/mol. The Balaban J connectivity index is 2.94. The number of benzene rings is 1. The molecule has 0 saturated carbocycles. The number of terminal acetylenes is 1. The largest absolute Gasteiger partial charge is 0.394 e. The molecular formula is C11H13NO. The average Bonchev–Trinajstić information content (AvgIpc) is 2.20. The zero-order valence-corrected chi connectivity index (χ0v) is 7.62. The number of rotatable bonds is 3. The third-order valence-electron chi connectivity index (χ3n) is 1.99. The first-order valence-corrected chi connectivity index (χ1v) is 4.16. The molecular weight excluding hydrogens is 162 g/mol. The summed E-state index contributed by atoms with van der Waals surface area (Å²) in [6, 6.07) is 7.57. The number of aliphatic hydroxyl groups is 1. The van der Waals surface area contributed by atoms with Crippen LogP contribution in [0, 0.1) is 12.3 Å². The first kappa shape index (κ1) is 9.79. The maximum absolute atomic E-state index is 9.03. The molecule has 13 heavy (non-hydrogen) atoms. The van der Waals surface area contributed by atoms with Crippen molar-refractivity contribution < 1.29 is 5.11 Å². The van der Waals surface area contributed by atoms with Crippen LogP contribution in [0.5, 0.6) is 0 Å². The Kier molecular flexibility index (Phi) is 3.51. The smallest absolute Gasteiger partial charge is 0.0626 e. The second-order valence-corrected chi connectivity index (χ2v) is 2.79. The molecule has 2 N–H and O–H groups in total. The van der Waals surface area contributed by atoms with Crippen LogP contribution in [-0.4, -0.2) is 18.8 Å². The van der Waals surface area contributed by atoms with Crippen LogP contribution in [-0.2, 0) is 0 Å². The van der Waals surface area contributed by atoms with Gasteiger partial charge in [-0.1, -0.05) is 18.1 Å². The molecule has 68 valence electrons. The van der Waals surface area contributed by atoms with Crippen LogP contribution >= 0.6 is 0 Å². The molecule has 0 saturated heterocycles. The highest BCUT2D eigenvalue weighted by Crippen LogP contribution is 2.12. The van der Waals surface area contributed by atoms with Crippen molar-refractivity contribution in [1.29, 1.82) is 0 Å². The quantitative estimate of drug-likeness (QED) is 0.669. The molecule has 1 rings (SSSR count). The highest BCUT2D eigenvalue weighted by Gasteiger charge is 2.06. The summed E-state index contributed by atoms with van der Waals surface area (Å²) in [5.74, 6) is 2.56. The van der Waals surface area contributed by atoms with Crippen molar-refractivity contribution in [2.75, 3.05) is 13.7 Å². The molecule has 0 aliphatic carbocycles. The van der Waals surface area contributed by atoms with E-state index in [4.69, 9.17) is 11.5 Å². The lowest BCUT2D eigenvalue weighted by Crippen LogP contribution is -2.19. The van der Waals surface area contributed by atoms with Crippen molar-refractivity contribution in [2.45, 2.75) is 6.04 Å². The van der Waals surface area contributed by atoms with Crippen LogP contribution in [0.4, 0.5) is 0 Å². The molecule has 1 unspecified atom stereocenters. The van der Waals surface area contributed by atoms with Gasteiger partial charge in [0.2, 0.25) is 0 Å². The Morgan fingerprint density at radius 1 is 1.62 bits per heavy atom. The minimum atomic E-state index is -0.0340. The lowest BCUT2D eigenvalue weighted by molar-refractivity contribution is 0.251. The molecule has 2 nitrogen and oxygen atoms in total. The molecule has 0 amide bonds. The van der Waals surface area contributed by atoms with Crippen LogP contribution in [0.15, 0.2) is 24.3 Å². The van der Waals surface area contributed by atoms with Gasteiger partial charge in [0.05, 0.1) is 12.6 Å². The van der Waals surface area contributed by atoms with Crippen molar-refractivity contribution in [3.05, 3.63) is 35.4 Å². The summed E-state index contributed by atoms with van der Waals surface area (Å²) >= 11 is 0. The van der Waals surface area contributed by atoms with Crippen molar-refractivity contribution in [2.24, 2.45) is 0 Å². The van der Waals surface area contributed by atoms with E-state index in [-0.39, 0.29) is 12.6 Å². The monoisotopic (exact) mass is 175 g/mol. The molecule has 1 aromatic rings. The van der Waals surface area contributed by atoms with Gasteiger partial charge in [-0.2, -0.15) is 0 Å². The van der Waals surface area contributed by atoms with Gasteiger partial charge in [-0.3, -0.25) is 0 Å². The van der Waals surface area contributed by atoms with E-state index >= 15 is 0 Å². The molecule has 1 atom stereocenters. The van der Waals surface area contributed by atoms with Gasteiger partial charge in [0, 0.05) is 5.56 Å². The minimum Gasteiger partial charge on any atom is -0.394 e. The zero-order valence-electron chi connectivity index (χ0n) is 7.62. The highest BCUT2D eigenvalue weighted by atomic mass is 16.3.